The van der Waals surface area contributed by atoms with Gasteiger partial charge in [-0.15, -0.1) is 0 Å². The van der Waals surface area contributed by atoms with Crippen LogP contribution >= 0.6 is 19.8 Å². The summed E-state index contributed by atoms with van der Waals surface area (Å²) in [5.74, 6) is -1.55. The van der Waals surface area contributed by atoms with Gasteiger partial charge >= 0.3 is 7.60 Å². The number of aliphatic hydroxyl groups is 2. The van der Waals surface area contributed by atoms with Gasteiger partial charge in [0.15, 0.2) is 5.11 Å². The van der Waals surface area contributed by atoms with Crippen molar-refractivity contribution in [3.8, 4) is 0 Å². The highest BCUT2D eigenvalue weighted by Crippen LogP contribution is 2.39. The van der Waals surface area contributed by atoms with E-state index in [1.54, 1.807) is 21.1 Å². The Morgan fingerprint density at radius 1 is 0.857 bits per heavy atom. The number of unbranched alkanes of at least 4 members (excludes halogenated alkanes) is 13. The van der Waals surface area contributed by atoms with Crippen LogP contribution in [0, 0.1) is 0 Å². The summed E-state index contributed by atoms with van der Waals surface area (Å²) < 4.78 is 10.8. The number of rotatable bonds is 20. The van der Waals surface area contributed by atoms with Gasteiger partial charge in [0.2, 0.25) is 5.85 Å². The molecule has 10 heteroatoms. The number of aliphatic hydroxyl groups excluding tert-OH is 2. The van der Waals surface area contributed by atoms with Gasteiger partial charge in [-0.2, -0.15) is 0 Å². The van der Waals surface area contributed by atoms with Crippen LogP contribution in [0.5, 0.6) is 0 Å². The predicted octanol–water partition coefficient (Wildman–Crippen LogP) is 4.46. The fourth-order valence-electron chi connectivity index (χ4n) is 3.69. The van der Waals surface area contributed by atoms with Crippen LogP contribution in [-0.4, -0.2) is 94.8 Å². The van der Waals surface area contributed by atoms with Gasteiger partial charge in [-0.25, -0.2) is 0 Å². The summed E-state index contributed by atoms with van der Waals surface area (Å²) in [5.41, 5.74) is 0. The van der Waals surface area contributed by atoms with Crippen molar-refractivity contribution in [1.29, 1.82) is 0 Å². The van der Waals surface area contributed by atoms with Crippen molar-refractivity contribution in [2.45, 2.75) is 103 Å². The molecule has 0 spiro atoms. The minimum Gasteiger partial charge on any atom is -0.395 e. The molecule has 0 aliphatic heterocycles. The van der Waals surface area contributed by atoms with Gasteiger partial charge in [-0.3, -0.25) is 4.57 Å². The normalized spacial score (nSPS) is 12.6. The molecule has 0 aliphatic rings. The number of likely N-dealkylation sites (N-methyl/N-ethyl adjacent to an activating group) is 1. The Hall–Kier alpha value is -0.280. The van der Waals surface area contributed by atoms with Crippen LogP contribution in [0.25, 0.3) is 0 Å². The Morgan fingerprint density at radius 2 is 1.26 bits per heavy atom. The van der Waals surface area contributed by atoms with Gasteiger partial charge < -0.3 is 34.7 Å². The Labute approximate surface area is 221 Å². The second kappa shape index (κ2) is 22.9. The maximum atomic E-state index is 10.4. The van der Waals surface area contributed by atoms with Crippen LogP contribution in [-0.2, 0) is 4.57 Å². The van der Waals surface area contributed by atoms with Gasteiger partial charge in [0.1, 0.15) is 6.54 Å². The third-order valence-corrected chi connectivity index (χ3v) is 7.15. The van der Waals surface area contributed by atoms with E-state index in [0.717, 1.165) is 11.7 Å². The van der Waals surface area contributed by atoms with Crippen molar-refractivity contribution < 1.29 is 29.0 Å². The quantitative estimate of drug-likeness (QED) is 0.0664. The van der Waals surface area contributed by atoms with Gasteiger partial charge in [0.25, 0.3) is 0 Å². The maximum absolute atomic E-state index is 10.4. The predicted molar refractivity (Wildman–Crippen MR) is 152 cm³/mol. The molecule has 1 unspecified atom stereocenters. The molecule has 212 valence electrons. The molecule has 0 saturated carbocycles. The lowest BCUT2D eigenvalue weighted by molar-refractivity contribution is -0.872. The summed E-state index contributed by atoms with van der Waals surface area (Å²) >= 11 is 5.25. The number of hydrogen-bond acceptors (Lipinski definition) is 4. The monoisotopic (exact) mass is 542 g/mol. The third-order valence-electron chi connectivity index (χ3n) is 5.75. The van der Waals surface area contributed by atoms with Crippen LogP contribution in [0.15, 0.2) is 0 Å². The summed E-state index contributed by atoms with van der Waals surface area (Å²) in [4.78, 5) is 19.1. The zero-order chi connectivity index (χ0) is 27.2. The van der Waals surface area contributed by atoms with Crippen LogP contribution in [0.4, 0.5) is 0 Å². The van der Waals surface area contributed by atoms with Crippen molar-refractivity contribution in [3.05, 3.63) is 0 Å². The van der Waals surface area contributed by atoms with Crippen molar-refractivity contribution in [1.82, 2.24) is 10.2 Å². The van der Waals surface area contributed by atoms with Gasteiger partial charge in [0, 0.05) is 20.1 Å². The van der Waals surface area contributed by atoms with Gasteiger partial charge in [0.05, 0.1) is 27.7 Å². The van der Waals surface area contributed by atoms with E-state index in [1.165, 1.54) is 89.9 Å². The lowest BCUT2D eigenvalue weighted by Crippen LogP contribution is -2.41. The van der Waals surface area contributed by atoms with Gasteiger partial charge in [-0.05, 0) is 18.6 Å². The Morgan fingerprint density at radius 3 is 1.54 bits per heavy atom. The van der Waals surface area contributed by atoms with Crippen molar-refractivity contribution in [2.24, 2.45) is 0 Å². The average molecular weight is 543 g/mol. The zero-order valence-electron chi connectivity index (χ0n) is 23.3. The Kier molecular flexibility index (Phi) is 24.1. The van der Waals surface area contributed by atoms with Crippen molar-refractivity contribution >= 4 is 24.9 Å². The van der Waals surface area contributed by atoms with Crippen LogP contribution in [0.3, 0.4) is 0 Å². The fraction of sp³-hybridized carbons (Fsp3) is 0.960. The minimum absolute atomic E-state index is 0.0459. The number of thiocarbonyl (C=S) groups is 1. The largest absolute Gasteiger partial charge is 0.395 e. The van der Waals surface area contributed by atoms with E-state index in [1.807, 2.05) is 7.05 Å². The molecule has 0 aromatic carbocycles. The molecule has 0 aliphatic carbocycles. The van der Waals surface area contributed by atoms with Crippen molar-refractivity contribution in [2.75, 3.05) is 54.4 Å². The molecule has 0 heterocycles. The zero-order valence-corrected chi connectivity index (χ0v) is 25.0. The smallest absolute Gasteiger partial charge is 0.359 e. The van der Waals surface area contributed by atoms with E-state index in [9.17, 15) is 4.57 Å². The summed E-state index contributed by atoms with van der Waals surface area (Å²) in [6, 6.07) is 0. The molecule has 0 amide bonds. The lowest BCUT2D eigenvalue weighted by Gasteiger charge is -2.26. The first-order chi connectivity index (χ1) is 16.4. The van der Waals surface area contributed by atoms with E-state index >= 15 is 0 Å². The second-order valence-electron chi connectivity index (χ2n) is 10.4. The molecule has 1 atom stereocenters. The molecule has 0 saturated heterocycles. The number of nitrogens with one attached hydrogen (secondary N) is 1. The third kappa shape index (κ3) is 26.6. The molecule has 0 bridgehead atoms. The molecule has 0 aromatic rings. The molecule has 5 N–H and O–H groups in total. The summed E-state index contributed by atoms with van der Waals surface area (Å²) in [5, 5.41) is 21.8. The first-order valence-corrected chi connectivity index (χ1v) is 15.6. The topological polar surface area (TPSA) is 113 Å². The van der Waals surface area contributed by atoms with Crippen LogP contribution < -0.4 is 5.32 Å². The van der Waals surface area contributed by atoms with E-state index in [-0.39, 0.29) is 13.2 Å². The SMILES string of the molecule is CCCCCCCCCCCCCCCCN(CCO)C(=S)NC.C[N+](C)(C)CC(O)P(=O)(O)O. The lowest BCUT2D eigenvalue weighted by atomic mass is 10.0. The van der Waals surface area contributed by atoms with Crippen LogP contribution in [0.2, 0.25) is 0 Å². The van der Waals surface area contributed by atoms with E-state index in [4.69, 9.17) is 32.2 Å². The molecular formula is C25H57N3O5PS+. The molecule has 8 nitrogen and oxygen atoms in total. The average Bonchev–Trinajstić information content (AvgIpc) is 2.76. The number of quaternary nitrogens is 1. The van der Waals surface area contributed by atoms with Crippen LogP contribution in [0.1, 0.15) is 96.8 Å². The molecular weight excluding hydrogens is 485 g/mol. The number of hydrogen-bond donors (Lipinski definition) is 5. The van der Waals surface area contributed by atoms with Crippen molar-refractivity contribution in [3.63, 3.8) is 0 Å². The van der Waals surface area contributed by atoms with Gasteiger partial charge in [-0.1, -0.05) is 90.4 Å². The molecule has 35 heavy (non-hydrogen) atoms. The molecule has 0 fully saturated rings. The second-order valence-corrected chi connectivity index (χ2v) is 12.6. The highest BCUT2D eigenvalue weighted by molar-refractivity contribution is 7.80. The van der Waals surface area contributed by atoms with E-state index in [2.05, 4.69) is 17.1 Å². The summed E-state index contributed by atoms with van der Waals surface area (Å²) in [6.07, 6.45) is 19.3. The minimum atomic E-state index is -4.31. The first kappa shape index (κ1) is 36.9. The fourth-order valence-corrected chi connectivity index (χ4v) is 4.57. The highest BCUT2D eigenvalue weighted by atomic mass is 32.1. The standard InChI is InChI=1S/C20H42N2OS.C5H14NO4P/c1-3-4-5-6-7-8-9-10-11-12-13-14-15-16-17-22(18-19-23)20(24)21-2;1-6(2,3)4-5(7)11(8,9)10/h23H,3-19H2,1-2H3,(H,21,24);5,7H,4H2,1-3H3,(H-,8,9,10)/p+1. The number of nitrogens with zero attached hydrogens (tertiary/aromatic N) is 2. The Bertz CT molecular complexity index is 544. The summed E-state index contributed by atoms with van der Waals surface area (Å²) in [7, 11) is 2.78. The molecule has 0 rings (SSSR count). The molecule has 0 aromatic heterocycles. The first-order valence-electron chi connectivity index (χ1n) is 13.5. The Balaban J connectivity index is 0. The highest BCUT2D eigenvalue weighted by Gasteiger charge is 2.31. The summed E-state index contributed by atoms with van der Waals surface area (Å²) in [6.45, 7) is 4.09. The van der Waals surface area contributed by atoms with E-state index < -0.39 is 13.4 Å². The van der Waals surface area contributed by atoms with E-state index in [0.29, 0.717) is 11.0 Å². The molecule has 0 radical (unpaired) electrons. The maximum Gasteiger partial charge on any atom is 0.359 e.